The lowest BCUT2D eigenvalue weighted by molar-refractivity contribution is -0.130. The smallest absolute Gasteiger partial charge is 0.234 e. The van der Waals surface area contributed by atoms with Crippen LogP contribution >= 0.6 is 0 Å². The number of sulfone groups is 1. The van der Waals surface area contributed by atoms with Crippen LogP contribution in [0, 0.1) is 0 Å². The summed E-state index contributed by atoms with van der Waals surface area (Å²) in [5.41, 5.74) is 1.83. The average molecular weight is 406 g/mol. The predicted octanol–water partition coefficient (Wildman–Crippen LogP) is 3.89. The van der Waals surface area contributed by atoms with Crippen LogP contribution in [0.15, 0.2) is 95.9 Å². The van der Waals surface area contributed by atoms with Gasteiger partial charge in [-0.15, -0.1) is 0 Å². The first-order valence-corrected chi connectivity index (χ1v) is 11.3. The molecule has 1 aliphatic rings. The van der Waals surface area contributed by atoms with Crippen LogP contribution in [0.2, 0.25) is 0 Å². The third-order valence-corrected chi connectivity index (χ3v) is 7.67. The molecule has 0 bridgehead atoms. The number of benzene rings is 3. The molecule has 0 N–H and O–H groups in total. The zero-order valence-electron chi connectivity index (χ0n) is 16.0. The Bertz CT molecular complexity index is 1030. The fraction of sp³-hybridized carbons (Fsp3) is 0.208. The van der Waals surface area contributed by atoms with Crippen molar-refractivity contribution in [3.63, 3.8) is 0 Å². The molecule has 0 aliphatic carbocycles. The zero-order valence-corrected chi connectivity index (χ0v) is 16.8. The summed E-state index contributed by atoms with van der Waals surface area (Å²) in [6.45, 7) is 0.679. The Hall–Kier alpha value is -2.92. The van der Waals surface area contributed by atoms with Gasteiger partial charge in [0.1, 0.15) is 0 Å². The Morgan fingerprint density at radius 2 is 1.28 bits per heavy atom. The Morgan fingerprint density at radius 3 is 1.79 bits per heavy atom. The summed E-state index contributed by atoms with van der Waals surface area (Å²) < 4.78 is 25.9. The Balaban J connectivity index is 1.60. The third-order valence-electron chi connectivity index (χ3n) is 5.48. The van der Waals surface area contributed by atoms with Gasteiger partial charge in [-0.2, -0.15) is 0 Å². The van der Waals surface area contributed by atoms with E-state index in [1.165, 1.54) is 0 Å². The molecular weight excluding hydrogens is 382 g/mol. The molecule has 0 saturated carbocycles. The molecule has 1 saturated heterocycles. The topological polar surface area (TPSA) is 54.5 Å². The first-order valence-electron chi connectivity index (χ1n) is 9.75. The SMILES string of the molecule is O=C(C(c1ccccc1)c1ccccc1)N1CCC(S(=O)(=O)c2ccccc2)C1. The van der Waals surface area contributed by atoms with Crippen LogP contribution in [0.3, 0.4) is 0 Å². The summed E-state index contributed by atoms with van der Waals surface area (Å²) >= 11 is 0. The number of rotatable bonds is 5. The van der Waals surface area contributed by atoms with E-state index in [0.29, 0.717) is 17.9 Å². The van der Waals surface area contributed by atoms with Crippen LogP contribution in [-0.2, 0) is 14.6 Å². The molecule has 4 rings (SSSR count). The van der Waals surface area contributed by atoms with Crippen molar-refractivity contribution >= 4 is 15.7 Å². The molecule has 0 radical (unpaired) electrons. The van der Waals surface area contributed by atoms with Gasteiger partial charge in [0.05, 0.1) is 16.1 Å². The van der Waals surface area contributed by atoms with Gasteiger partial charge in [0.2, 0.25) is 5.91 Å². The standard InChI is InChI=1S/C24H23NO3S/c26-24(23(19-10-4-1-5-11-19)20-12-6-2-7-13-20)25-17-16-22(18-25)29(27,28)21-14-8-3-9-15-21/h1-15,22-23H,16-18H2. The molecule has 148 valence electrons. The van der Waals surface area contributed by atoms with E-state index in [1.807, 2.05) is 60.7 Å². The monoisotopic (exact) mass is 405 g/mol. The highest BCUT2D eigenvalue weighted by Crippen LogP contribution is 2.30. The lowest BCUT2D eigenvalue weighted by Crippen LogP contribution is -2.35. The number of amides is 1. The van der Waals surface area contributed by atoms with E-state index in [2.05, 4.69) is 0 Å². The van der Waals surface area contributed by atoms with Crippen LogP contribution in [0.5, 0.6) is 0 Å². The molecular formula is C24H23NO3S. The minimum absolute atomic E-state index is 0.0480. The first kappa shape index (κ1) is 19.4. The number of likely N-dealkylation sites (tertiary alicyclic amines) is 1. The molecule has 0 aromatic heterocycles. The van der Waals surface area contributed by atoms with Crippen LogP contribution in [0.4, 0.5) is 0 Å². The molecule has 3 aromatic rings. The van der Waals surface area contributed by atoms with E-state index in [9.17, 15) is 13.2 Å². The second kappa shape index (κ2) is 8.21. The normalized spacial score (nSPS) is 16.9. The van der Waals surface area contributed by atoms with E-state index in [0.717, 1.165) is 11.1 Å². The molecule has 0 spiro atoms. The quantitative estimate of drug-likeness (QED) is 0.647. The lowest BCUT2D eigenvalue weighted by atomic mass is 9.90. The Morgan fingerprint density at radius 1 is 0.793 bits per heavy atom. The van der Waals surface area contributed by atoms with Gasteiger partial charge in [0.15, 0.2) is 9.84 Å². The average Bonchev–Trinajstić information content (AvgIpc) is 3.27. The number of hydrogen-bond acceptors (Lipinski definition) is 3. The van der Waals surface area contributed by atoms with Crippen molar-refractivity contribution in [2.45, 2.75) is 22.5 Å². The fourth-order valence-electron chi connectivity index (χ4n) is 3.94. The van der Waals surface area contributed by atoms with Gasteiger partial charge in [0, 0.05) is 13.1 Å². The van der Waals surface area contributed by atoms with Gasteiger partial charge in [0.25, 0.3) is 0 Å². The van der Waals surface area contributed by atoms with Crippen molar-refractivity contribution < 1.29 is 13.2 Å². The summed E-state index contributed by atoms with van der Waals surface area (Å²) in [4.78, 5) is 15.5. The number of carbonyl (C=O) groups is 1. The highest BCUT2D eigenvalue weighted by Gasteiger charge is 2.38. The number of hydrogen-bond donors (Lipinski definition) is 0. The summed E-state index contributed by atoms with van der Waals surface area (Å²) in [6.07, 6.45) is 0.458. The lowest BCUT2D eigenvalue weighted by Gasteiger charge is -2.24. The molecule has 1 unspecified atom stereocenters. The summed E-state index contributed by atoms with van der Waals surface area (Å²) in [5, 5.41) is -0.568. The molecule has 3 aromatic carbocycles. The maximum absolute atomic E-state index is 13.5. The van der Waals surface area contributed by atoms with Gasteiger partial charge in [-0.05, 0) is 29.7 Å². The van der Waals surface area contributed by atoms with E-state index in [1.54, 1.807) is 35.2 Å². The molecule has 1 fully saturated rings. The van der Waals surface area contributed by atoms with E-state index in [4.69, 9.17) is 0 Å². The highest BCUT2D eigenvalue weighted by molar-refractivity contribution is 7.92. The van der Waals surface area contributed by atoms with Gasteiger partial charge in [-0.3, -0.25) is 4.79 Å². The van der Waals surface area contributed by atoms with E-state index < -0.39 is 21.0 Å². The van der Waals surface area contributed by atoms with Crippen LogP contribution < -0.4 is 0 Å². The molecule has 29 heavy (non-hydrogen) atoms. The first-order chi connectivity index (χ1) is 14.1. The highest BCUT2D eigenvalue weighted by atomic mass is 32.2. The Kier molecular flexibility index (Phi) is 5.49. The molecule has 1 atom stereocenters. The minimum Gasteiger partial charge on any atom is -0.341 e. The second-order valence-electron chi connectivity index (χ2n) is 7.31. The van der Waals surface area contributed by atoms with Crippen molar-refractivity contribution in [1.29, 1.82) is 0 Å². The zero-order chi connectivity index (χ0) is 20.3. The largest absolute Gasteiger partial charge is 0.341 e. The third kappa shape index (κ3) is 3.96. The van der Waals surface area contributed by atoms with Crippen molar-refractivity contribution in [3.05, 3.63) is 102 Å². The van der Waals surface area contributed by atoms with Crippen molar-refractivity contribution in [1.82, 2.24) is 4.90 Å². The van der Waals surface area contributed by atoms with Gasteiger partial charge in [-0.1, -0.05) is 78.9 Å². The van der Waals surface area contributed by atoms with Crippen molar-refractivity contribution in [2.24, 2.45) is 0 Å². The summed E-state index contributed by atoms with van der Waals surface area (Å²) in [5.74, 6) is -0.483. The number of carbonyl (C=O) groups excluding carboxylic acids is 1. The summed E-state index contributed by atoms with van der Waals surface area (Å²) in [6, 6.07) is 27.8. The maximum Gasteiger partial charge on any atom is 0.234 e. The van der Waals surface area contributed by atoms with E-state index >= 15 is 0 Å². The Labute approximate surface area is 171 Å². The molecule has 1 amide bonds. The van der Waals surface area contributed by atoms with Crippen molar-refractivity contribution in [3.8, 4) is 0 Å². The van der Waals surface area contributed by atoms with Crippen LogP contribution in [-0.4, -0.2) is 37.6 Å². The molecule has 1 aliphatic heterocycles. The van der Waals surface area contributed by atoms with Crippen LogP contribution in [0.1, 0.15) is 23.5 Å². The maximum atomic E-state index is 13.5. The van der Waals surface area contributed by atoms with Crippen LogP contribution in [0.25, 0.3) is 0 Å². The minimum atomic E-state index is -3.45. The molecule has 1 heterocycles. The van der Waals surface area contributed by atoms with Gasteiger partial charge in [-0.25, -0.2) is 8.42 Å². The predicted molar refractivity (Wildman–Crippen MR) is 113 cm³/mol. The molecule has 5 heteroatoms. The van der Waals surface area contributed by atoms with E-state index in [-0.39, 0.29) is 12.5 Å². The molecule has 4 nitrogen and oxygen atoms in total. The van der Waals surface area contributed by atoms with Gasteiger partial charge >= 0.3 is 0 Å². The van der Waals surface area contributed by atoms with Crippen molar-refractivity contribution in [2.75, 3.05) is 13.1 Å². The summed E-state index contributed by atoms with van der Waals surface area (Å²) in [7, 11) is -3.45. The van der Waals surface area contributed by atoms with Gasteiger partial charge < -0.3 is 4.90 Å². The number of nitrogens with zero attached hydrogens (tertiary/aromatic N) is 1. The fourth-order valence-corrected chi connectivity index (χ4v) is 5.65. The second-order valence-corrected chi connectivity index (χ2v) is 9.54.